The third-order valence-electron chi connectivity index (χ3n) is 7.51. The van der Waals surface area contributed by atoms with Crippen LogP contribution in [0.3, 0.4) is 0 Å². The summed E-state index contributed by atoms with van der Waals surface area (Å²) in [5.41, 5.74) is 3.15. The second kappa shape index (κ2) is 12.9. The molecule has 0 radical (unpaired) electrons. The minimum Gasteiger partial charge on any atom is -0.488 e. The number of carbonyl (C=O) groups is 1. The summed E-state index contributed by atoms with van der Waals surface area (Å²) in [6, 6.07) is 24.0. The first-order chi connectivity index (χ1) is 22.2. The van der Waals surface area contributed by atoms with Gasteiger partial charge in [-0.1, -0.05) is 41.9 Å². The number of fused-ring (bicyclic) bond motifs is 2. The van der Waals surface area contributed by atoms with E-state index in [1.807, 2.05) is 42.5 Å². The summed E-state index contributed by atoms with van der Waals surface area (Å²) in [5, 5.41) is 22.9. The Hall–Kier alpha value is -5.37. The van der Waals surface area contributed by atoms with E-state index in [1.54, 1.807) is 44.2 Å². The molecule has 46 heavy (non-hydrogen) atoms. The largest absolute Gasteiger partial charge is 0.488 e. The molecule has 5 aromatic rings. The highest BCUT2D eigenvalue weighted by atomic mass is 35.5. The van der Waals surface area contributed by atoms with Crippen molar-refractivity contribution in [3.8, 4) is 46.1 Å². The van der Waals surface area contributed by atoms with Crippen molar-refractivity contribution in [2.45, 2.75) is 32.5 Å². The van der Waals surface area contributed by atoms with Gasteiger partial charge < -0.3 is 24.1 Å². The molecule has 0 saturated heterocycles. The molecule has 0 saturated carbocycles. The van der Waals surface area contributed by atoms with Crippen LogP contribution in [0, 0.1) is 11.3 Å². The van der Waals surface area contributed by atoms with Gasteiger partial charge in [-0.05, 0) is 61.4 Å². The summed E-state index contributed by atoms with van der Waals surface area (Å²) >= 11 is 6.74. The third-order valence-corrected chi connectivity index (χ3v) is 7.80. The molecule has 2 heterocycles. The van der Waals surface area contributed by atoms with Gasteiger partial charge in [0.2, 0.25) is 5.88 Å². The number of nitriles is 1. The third kappa shape index (κ3) is 6.52. The molecule has 6 rings (SSSR count). The first-order valence-electron chi connectivity index (χ1n) is 14.5. The number of rotatable bonds is 10. The van der Waals surface area contributed by atoms with Gasteiger partial charge in [0.1, 0.15) is 37.4 Å². The zero-order chi connectivity index (χ0) is 32.3. The Morgan fingerprint density at radius 3 is 2.63 bits per heavy atom. The number of nitrogens with one attached hydrogen (secondary N) is 1. The number of aliphatic carboxylic acids is 1. The van der Waals surface area contributed by atoms with Gasteiger partial charge in [0.05, 0.1) is 27.6 Å². The molecule has 0 aliphatic carbocycles. The lowest BCUT2D eigenvalue weighted by molar-refractivity contribution is -0.143. The quantitative estimate of drug-likeness (QED) is 0.166. The normalized spacial score (nSPS) is 12.4. The predicted molar refractivity (Wildman–Crippen MR) is 172 cm³/mol. The predicted octanol–water partition coefficient (Wildman–Crippen LogP) is 6.92. The van der Waals surface area contributed by atoms with Gasteiger partial charge in [0.15, 0.2) is 17.2 Å². The average Bonchev–Trinajstić information content (AvgIpc) is 3.07. The minimum absolute atomic E-state index is 0.154. The number of aromatic nitrogens is 2. The smallest absolute Gasteiger partial charge is 0.323 e. The van der Waals surface area contributed by atoms with Crippen molar-refractivity contribution in [1.29, 1.82) is 5.26 Å². The topological polar surface area (TPSA) is 136 Å². The van der Waals surface area contributed by atoms with Crippen molar-refractivity contribution in [1.82, 2.24) is 15.3 Å². The number of carboxylic acid groups (broad SMARTS) is 1. The van der Waals surface area contributed by atoms with Crippen molar-refractivity contribution in [2.75, 3.05) is 13.2 Å². The molecule has 4 aromatic carbocycles. The van der Waals surface area contributed by atoms with E-state index in [4.69, 9.17) is 30.5 Å². The lowest BCUT2D eigenvalue weighted by Gasteiger charge is -2.22. The molecule has 0 bridgehead atoms. The number of hydrogen-bond donors (Lipinski definition) is 2. The van der Waals surface area contributed by atoms with Gasteiger partial charge in [-0.3, -0.25) is 10.1 Å². The van der Waals surface area contributed by atoms with Gasteiger partial charge >= 0.3 is 5.97 Å². The van der Waals surface area contributed by atoms with Crippen LogP contribution in [0.5, 0.6) is 28.9 Å². The fourth-order valence-corrected chi connectivity index (χ4v) is 5.13. The Morgan fingerprint density at radius 1 is 1.02 bits per heavy atom. The van der Waals surface area contributed by atoms with Crippen LogP contribution >= 0.6 is 11.6 Å². The lowest BCUT2D eigenvalue weighted by Crippen LogP contribution is -2.46. The standard InChI is InChI=1S/C35H29ClN4O6/c1-35(2,34(41)42)40-18-24-14-27(36)30(16-29(24)45-19-22-6-3-5-21(13-22)17-37)46-33-26-8-4-7-25(32(26)38-20-39-33)23-9-10-28-31(15-23)44-12-11-43-28/h3-10,13-16,20,40H,11-12,18-19H2,1-2H3,(H,41,42). The number of benzene rings is 4. The molecule has 11 heteroatoms. The van der Waals surface area contributed by atoms with E-state index in [0.29, 0.717) is 52.5 Å². The van der Waals surface area contributed by atoms with E-state index in [-0.39, 0.29) is 29.8 Å². The number of para-hydroxylation sites is 1. The summed E-state index contributed by atoms with van der Waals surface area (Å²) in [7, 11) is 0. The van der Waals surface area contributed by atoms with Gasteiger partial charge in [-0.15, -0.1) is 0 Å². The average molecular weight is 637 g/mol. The van der Waals surface area contributed by atoms with Crippen LogP contribution < -0.4 is 24.3 Å². The maximum Gasteiger partial charge on any atom is 0.323 e. The van der Waals surface area contributed by atoms with Gasteiger partial charge in [0.25, 0.3) is 0 Å². The number of hydrogen-bond acceptors (Lipinski definition) is 9. The van der Waals surface area contributed by atoms with Crippen LogP contribution in [0.15, 0.2) is 79.1 Å². The number of ether oxygens (including phenoxy) is 4. The SMILES string of the molecule is CC(C)(NCc1cc(Cl)c(Oc2ncnc3c(-c4ccc5c(c4)OCCO5)cccc23)cc1OCc1cccc(C#N)c1)C(=O)O. The highest BCUT2D eigenvalue weighted by Gasteiger charge is 2.27. The van der Waals surface area contributed by atoms with Crippen molar-refractivity contribution < 1.29 is 28.8 Å². The molecule has 0 spiro atoms. The summed E-state index contributed by atoms with van der Waals surface area (Å²) in [4.78, 5) is 20.7. The first kappa shape index (κ1) is 30.6. The van der Waals surface area contributed by atoms with Crippen LogP contribution in [-0.4, -0.2) is 39.8 Å². The van der Waals surface area contributed by atoms with Crippen LogP contribution in [0.2, 0.25) is 5.02 Å². The number of carboxylic acids is 1. The molecule has 0 fully saturated rings. The minimum atomic E-state index is -1.20. The molecule has 0 atom stereocenters. The van der Waals surface area contributed by atoms with Crippen LogP contribution in [0.25, 0.3) is 22.0 Å². The Morgan fingerprint density at radius 2 is 1.83 bits per heavy atom. The molecule has 0 amide bonds. The maximum absolute atomic E-state index is 11.7. The molecule has 1 aliphatic heterocycles. The van der Waals surface area contributed by atoms with E-state index >= 15 is 0 Å². The van der Waals surface area contributed by atoms with Crippen LogP contribution in [0.4, 0.5) is 0 Å². The lowest BCUT2D eigenvalue weighted by atomic mass is 10.0. The fraction of sp³-hybridized carbons (Fsp3) is 0.200. The summed E-state index contributed by atoms with van der Waals surface area (Å²) in [6.07, 6.45) is 1.43. The fourth-order valence-electron chi connectivity index (χ4n) is 4.90. The van der Waals surface area contributed by atoms with E-state index in [0.717, 1.165) is 16.7 Å². The zero-order valence-corrected chi connectivity index (χ0v) is 25.8. The highest BCUT2D eigenvalue weighted by molar-refractivity contribution is 6.32. The highest BCUT2D eigenvalue weighted by Crippen LogP contribution is 2.40. The number of halogens is 1. The molecule has 0 unspecified atom stereocenters. The van der Waals surface area contributed by atoms with E-state index in [9.17, 15) is 15.2 Å². The molecule has 232 valence electrons. The van der Waals surface area contributed by atoms with Gasteiger partial charge in [-0.2, -0.15) is 5.26 Å². The van der Waals surface area contributed by atoms with Crippen molar-refractivity contribution >= 4 is 28.5 Å². The van der Waals surface area contributed by atoms with Crippen molar-refractivity contribution in [3.63, 3.8) is 0 Å². The van der Waals surface area contributed by atoms with Crippen LogP contribution in [0.1, 0.15) is 30.5 Å². The van der Waals surface area contributed by atoms with E-state index in [2.05, 4.69) is 21.4 Å². The Bertz CT molecular complexity index is 1990. The van der Waals surface area contributed by atoms with Crippen molar-refractivity contribution in [3.05, 3.63) is 101 Å². The molecule has 2 N–H and O–H groups in total. The monoisotopic (exact) mass is 636 g/mol. The molecule has 1 aromatic heterocycles. The second-order valence-corrected chi connectivity index (χ2v) is 11.5. The number of nitrogens with zero attached hydrogens (tertiary/aromatic N) is 3. The molecule has 10 nitrogen and oxygen atoms in total. The summed E-state index contributed by atoms with van der Waals surface area (Å²) in [5.74, 6) is 1.37. The van der Waals surface area contributed by atoms with Crippen LogP contribution in [-0.2, 0) is 17.9 Å². The molecular weight excluding hydrogens is 608 g/mol. The Labute approximate surface area is 270 Å². The zero-order valence-electron chi connectivity index (χ0n) is 25.0. The summed E-state index contributed by atoms with van der Waals surface area (Å²) in [6.45, 7) is 4.44. The van der Waals surface area contributed by atoms with Gasteiger partial charge in [-0.25, -0.2) is 9.97 Å². The maximum atomic E-state index is 11.7. The Kier molecular flexibility index (Phi) is 8.61. The molecule has 1 aliphatic rings. The van der Waals surface area contributed by atoms with E-state index in [1.165, 1.54) is 6.33 Å². The van der Waals surface area contributed by atoms with Gasteiger partial charge in [0, 0.05) is 23.7 Å². The Balaban J connectivity index is 1.34. The summed E-state index contributed by atoms with van der Waals surface area (Å²) < 4.78 is 24.0. The van der Waals surface area contributed by atoms with Crippen molar-refractivity contribution in [2.24, 2.45) is 0 Å². The second-order valence-electron chi connectivity index (χ2n) is 11.1. The first-order valence-corrected chi connectivity index (χ1v) is 14.8. The molecular formula is C35H29ClN4O6. The van der Waals surface area contributed by atoms with E-state index < -0.39 is 11.5 Å².